The summed E-state index contributed by atoms with van der Waals surface area (Å²) < 4.78 is 26.6. The molecule has 1 saturated heterocycles. The first-order chi connectivity index (χ1) is 12.0. The largest absolute Gasteiger partial charge is 0.335 e. The first-order valence-electron chi connectivity index (χ1n) is 8.07. The van der Waals surface area contributed by atoms with Gasteiger partial charge in [-0.05, 0) is 43.3 Å². The topological polar surface area (TPSA) is 40.6 Å². The number of hydrogen-bond acceptors (Lipinski definition) is 2. The van der Waals surface area contributed by atoms with E-state index in [1.807, 2.05) is 6.92 Å². The summed E-state index contributed by atoms with van der Waals surface area (Å²) in [6, 6.07) is 10.9. The molecule has 0 aromatic heterocycles. The SMILES string of the molecule is C[C@H]1CN(C(=O)c2cccc(F)c2)CCN1C(=O)c1cccc(F)c1. The van der Waals surface area contributed by atoms with Gasteiger partial charge in [0.1, 0.15) is 11.6 Å². The van der Waals surface area contributed by atoms with Gasteiger partial charge < -0.3 is 9.80 Å². The summed E-state index contributed by atoms with van der Waals surface area (Å²) in [7, 11) is 0. The molecule has 25 heavy (non-hydrogen) atoms. The van der Waals surface area contributed by atoms with Crippen molar-refractivity contribution in [3.05, 3.63) is 71.3 Å². The van der Waals surface area contributed by atoms with Crippen molar-refractivity contribution in [1.29, 1.82) is 0 Å². The second kappa shape index (κ2) is 7.01. The van der Waals surface area contributed by atoms with Crippen LogP contribution in [0.1, 0.15) is 27.6 Å². The van der Waals surface area contributed by atoms with Crippen molar-refractivity contribution in [1.82, 2.24) is 9.80 Å². The van der Waals surface area contributed by atoms with Crippen LogP contribution in [-0.4, -0.2) is 47.3 Å². The lowest BCUT2D eigenvalue weighted by Gasteiger charge is -2.40. The highest BCUT2D eigenvalue weighted by Gasteiger charge is 2.30. The van der Waals surface area contributed by atoms with E-state index in [-0.39, 0.29) is 29.0 Å². The first-order valence-corrected chi connectivity index (χ1v) is 8.07. The van der Waals surface area contributed by atoms with Gasteiger partial charge in [0.05, 0.1) is 0 Å². The normalized spacial score (nSPS) is 17.5. The van der Waals surface area contributed by atoms with E-state index in [0.717, 1.165) is 0 Å². The number of hydrogen-bond donors (Lipinski definition) is 0. The molecular weight excluding hydrogens is 326 g/mol. The summed E-state index contributed by atoms with van der Waals surface area (Å²) in [4.78, 5) is 28.3. The molecule has 0 saturated carbocycles. The second-order valence-electron chi connectivity index (χ2n) is 6.12. The summed E-state index contributed by atoms with van der Waals surface area (Å²) in [6.45, 7) is 2.87. The van der Waals surface area contributed by atoms with E-state index >= 15 is 0 Å². The Morgan fingerprint density at radius 1 is 0.920 bits per heavy atom. The lowest BCUT2D eigenvalue weighted by molar-refractivity contribution is 0.0414. The quantitative estimate of drug-likeness (QED) is 0.840. The van der Waals surface area contributed by atoms with Crippen molar-refractivity contribution >= 4 is 11.8 Å². The highest BCUT2D eigenvalue weighted by atomic mass is 19.1. The standard InChI is InChI=1S/C19H18F2N2O2/c1-13-12-22(18(24)14-4-2-6-16(20)10-14)8-9-23(13)19(25)15-5-3-7-17(21)11-15/h2-7,10-11,13H,8-9,12H2,1H3/t13-/m0/s1. The molecule has 2 aromatic rings. The van der Waals surface area contributed by atoms with Crippen LogP contribution in [0.2, 0.25) is 0 Å². The molecule has 1 aliphatic heterocycles. The maximum Gasteiger partial charge on any atom is 0.254 e. The van der Waals surface area contributed by atoms with E-state index in [1.165, 1.54) is 36.4 Å². The number of amides is 2. The molecule has 0 radical (unpaired) electrons. The Bertz CT molecular complexity index is 810. The molecule has 2 amide bonds. The third-order valence-corrected chi connectivity index (χ3v) is 4.32. The van der Waals surface area contributed by atoms with E-state index in [9.17, 15) is 18.4 Å². The zero-order chi connectivity index (χ0) is 18.0. The van der Waals surface area contributed by atoms with Gasteiger partial charge in [-0.2, -0.15) is 0 Å². The van der Waals surface area contributed by atoms with Gasteiger partial charge in [-0.15, -0.1) is 0 Å². The van der Waals surface area contributed by atoms with Crippen LogP contribution in [0.5, 0.6) is 0 Å². The smallest absolute Gasteiger partial charge is 0.254 e. The third-order valence-electron chi connectivity index (χ3n) is 4.32. The lowest BCUT2D eigenvalue weighted by atomic mass is 10.1. The van der Waals surface area contributed by atoms with Crippen LogP contribution in [0.4, 0.5) is 8.78 Å². The van der Waals surface area contributed by atoms with Gasteiger partial charge in [-0.3, -0.25) is 9.59 Å². The average Bonchev–Trinajstić information content (AvgIpc) is 2.60. The van der Waals surface area contributed by atoms with Crippen molar-refractivity contribution in [2.45, 2.75) is 13.0 Å². The fraction of sp³-hybridized carbons (Fsp3) is 0.263. The van der Waals surface area contributed by atoms with Gasteiger partial charge >= 0.3 is 0 Å². The van der Waals surface area contributed by atoms with Crippen molar-refractivity contribution < 1.29 is 18.4 Å². The molecule has 1 atom stereocenters. The molecule has 0 N–H and O–H groups in total. The minimum atomic E-state index is -0.460. The van der Waals surface area contributed by atoms with E-state index in [1.54, 1.807) is 21.9 Å². The Kier molecular flexibility index (Phi) is 4.79. The van der Waals surface area contributed by atoms with E-state index < -0.39 is 11.6 Å². The van der Waals surface area contributed by atoms with Crippen LogP contribution in [0.3, 0.4) is 0 Å². The van der Waals surface area contributed by atoms with E-state index in [2.05, 4.69) is 0 Å². The number of benzene rings is 2. The molecule has 1 heterocycles. The van der Waals surface area contributed by atoms with Crippen molar-refractivity contribution in [2.24, 2.45) is 0 Å². The Morgan fingerprint density at radius 3 is 2.00 bits per heavy atom. The molecule has 1 aliphatic rings. The van der Waals surface area contributed by atoms with Crippen LogP contribution in [-0.2, 0) is 0 Å². The number of carbonyl (C=O) groups excluding carboxylic acids is 2. The molecule has 130 valence electrons. The Balaban J connectivity index is 1.70. The number of carbonyl (C=O) groups is 2. The average molecular weight is 344 g/mol. The Morgan fingerprint density at radius 2 is 1.48 bits per heavy atom. The molecule has 0 bridgehead atoms. The molecule has 4 nitrogen and oxygen atoms in total. The molecule has 0 aliphatic carbocycles. The minimum absolute atomic E-state index is 0.220. The molecule has 0 spiro atoms. The molecule has 1 fully saturated rings. The maximum absolute atomic E-state index is 13.3. The summed E-state index contributed by atoms with van der Waals surface area (Å²) in [5, 5.41) is 0. The molecular formula is C19H18F2N2O2. The molecule has 2 aromatic carbocycles. The third kappa shape index (κ3) is 3.68. The number of rotatable bonds is 2. The van der Waals surface area contributed by atoms with Gasteiger partial charge in [0.25, 0.3) is 11.8 Å². The highest BCUT2D eigenvalue weighted by molar-refractivity contribution is 5.96. The van der Waals surface area contributed by atoms with Crippen LogP contribution in [0.15, 0.2) is 48.5 Å². The summed E-state index contributed by atoms with van der Waals surface area (Å²) in [5.74, 6) is -1.44. The lowest BCUT2D eigenvalue weighted by Crippen LogP contribution is -2.55. The number of nitrogens with zero attached hydrogens (tertiary/aromatic N) is 2. The predicted octanol–water partition coefficient (Wildman–Crippen LogP) is 2.95. The monoisotopic (exact) mass is 344 g/mol. The van der Waals surface area contributed by atoms with Crippen LogP contribution >= 0.6 is 0 Å². The maximum atomic E-state index is 13.3. The molecule has 6 heteroatoms. The van der Waals surface area contributed by atoms with Gasteiger partial charge in [-0.25, -0.2) is 8.78 Å². The first kappa shape index (κ1) is 17.1. The Hall–Kier alpha value is -2.76. The number of piperazine rings is 1. The highest BCUT2D eigenvalue weighted by Crippen LogP contribution is 2.17. The van der Waals surface area contributed by atoms with Crippen molar-refractivity contribution in [3.63, 3.8) is 0 Å². The fourth-order valence-corrected chi connectivity index (χ4v) is 3.04. The Labute approximate surface area is 144 Å². The van der Waals surface area contributed by atoms with Gasteiger partial charge in [-0.1, -0.05) is 12.1 Å². The minimum Gasteiger partial charge on any atom is -0.335 e. The van der Waals surface area contributed by atoms with Crippen LogP contribution in [0.25, 0.3) is 0 Å². The zero-order valence-corrected chi connectivity index (χ0v) is 13.8. The second-order valence-corrected chi connectivity index (χ2v) is 6.12. The predicted molar refractivity (Wildman–Crippen MR) is 89.2 cm³/mol. The number of halogens is 2. The van der Waals surface area contributed by atoms with Crippen LogP contribution in [0, 0.1) is 11.6 Å². The summed E-state index contributed by atoms with van der Waals surface area (Å²) >= 11 is 0. The zero-order valence-electron chi connectivity index (χ0n) is 13.8. The van der Waals surface area contributed by atoms with Gasteiger partial charge in [0.2, 0.25) is 0 Å². The van der Waals surface area contributed by atoms with Crippen molar-refractivity contribution in [2.75, 3.05) is 19.6 Å². The molecule has 0 unspecified atom stereocenters. The molecule has 3 rings (SSSR count). The van der Waals surface area contributed by atoms with Gasteiger partial charge in [0.15, 0.2) is 0 Å². The fourth-order valence-electron chi connectivity index (χ4n) is 3.04. The summed E-state index contributed by atoms with van der Waals surface area (Å²) in [6.07, 6.45) is 0. The van der Waals surface area contributed by atoms with Gasteiger partial charge in [0, 0.05) is 36.8 Å². The summed E-state index contributed by atoms with van der Waals surface area (Å²) in [5.41, 5.74) is 0.578. The van der Waals surface area contributed by atoms with Crippen LogP contribution < -0.4 is 0 Å². The van der Waals surface area contributed by atoms with E-state index in [4.69, 9.17) is 0 Å². The van der Waals surface area contributed by atoms with Crippen molar-refractivity contribution in [3.8, 4) is 0 Å². The van der Waals surface area contributed by atoms with E-state index in [0.29, 0.717) is 19.6 Å².